The summed E-state index contributed by atoms with van der Waals surface area (Å²) < 4.78 is 4.68. The Balaban J connectivity index is 1.97. The topological polar surface area (TPSA) is 43.4 Å². The van der Waals surface area contributed by atoms with Crippen LogP contribution in [0.4, 0.5) is 0 Å². The first-order valence-corrected chi connectivity index (χ1v) is 8.26. The third-order valence-electron chi connectivity index (χ3n) is 4.07. The van der Waals surface area contributed by atoms with Crippen LogP contribution in [-0.2, 0) is 9.53 Å². The fraction of sp³-hybridized carbons (Fsp3) is 0.500. The lowest BCUT2D eigenvalue weighted by atomic mass is 9.89. The fourth-order valence-corrected chi connectivity index (χ4v) is 4.29. The summed E-state index contributed by atoms with van der Waals surface area (Å²) in [5, 5.41) is 0.0637. The zero-order chi connectivity index (χ0) is 15.4. The van der Waals surface area contributed by atoms with Gasteiger partial charge in [0.25, 0.3) is 0 Å². The Morgan fingerprint density at radius 2 is 2.29 bits per heavy atom. The van der Waals surface area contributed by atoms with E-state index in [1.165, 1.54) is 18.4 Å². The molecule has 1 aromatic heterocycles. The molecule has 1 aliphatic rings. The van der Waals surface area contributed by atoms with Crippen molar-refractivity contribution < 1.29 is 14.3 Å². The first kappa shape index (κ1) is 16.2. The number of esters is 1. The molecule has 1 aliphatic carbocycles. The number of hydrogen-bond donors (Lipinski definition) is 0. The first-order valence-electron chi connectivity index (χ1n) is 7.01. The number of alkyl halides is 1. The Labute approximate surface area is 133 Å². The molecule has 21 heavy (non-hydrogen) atoms. The van der Waals surface area contributed by atoms with Crippen LogP contribution in [0, 0.1) is 17.8 Å². The van der Waals surface area contributed by atoms with Gasteiger partial charge in [0.2, 0.25) is 0 Å². The van der Waals surface area contributed by atoms with Crippen molar-refractivity contribution in [1.29, 1.82) is 0 Å². The van der Waals surface area contributed by atoms with Crippen molar-refractivity contribution in [2.45, 2.75) is 25.1 Å². The van der Waals surface area contributed by atoms with Crippen molar-refractivity contribution in [3.8, 4) is 0 Å². The Morgan fingerprint density at radius 3 is 2.95 bits per heavy atom. The van der Waals surface area contributed by atoms with E-state index >= 15 is 0 Å². The molecular weight excluding hydrogens is 308 g/mol. The molecule has 2 rings (SSSR count). The molecule has 0 bridgehead atoms. The average molecular weight is 327 g/mol. The summed E-state index contributed by atoms with van der Waals surface area (Å²) in [5.74, 6) is 0.295. The lowest BCUT2D eigenvalue weighted by Crippen LogP contribution is -2.17. The van der Waals surface area contributed by atoms with E-state index in [2.05, 4.69) is 11.7 Å². The van der Waals surface area contributed by atoms with Gasteiger partial charge in [0.15, 0.2) is 0 Å². The molecule has 0 saturated heterocycles. The summed E-state index contributed by atoms with van der Waals surface area (Å²) >= 11 is 7.73. The van der Waals surface area contributed by atoms with Crippen LogP contribution in [0.1, 0.15) is 34.3 Å². The van der Waals surface area contributed by atoms with Gasteiger partial charge in [-0.2, -0.15) is 0 Å². The predicted molar refractivity (Wildman–Crippen MR) is 85.8 cm³/mol. The molecule has 0 radical (unpaired) electrons. The van der Waals surface area contributed by atoms with Gasteiger partial charge in [-0.15, -0.1) is 22.9 Å². The Hall–Kier alpha value is -1.13. The molecular formula is C16H19ClO3S. The van der Waals surface area contributed by atoms with E-state index in [0.29, 0.717) is 10.8 Å². The molecule has 0 amide bonds. The lowest BCUT2D eigenvalue weighted by molar-refractivity contribution is -0.112. The third-order valence-corrected chi connectivity index (χ3v) is 5.61. The van der Waals surface area contributed by atoms with Gasteiger partial charge in [0.1, 0.15) is 11.2 Å². The van der Waals surface area contributed by atoms with Gasteiger partial charge in [-0.25, -0.2) is 4.79 Å². The highest BCUT2D eigenvalue weighted by atomic mass is 35.5. The van der Waals surface area contributed by atoms with Crippen LogP contribution in [0.15, 0.2) is 18.2 Å². The van der Waals surface area contributed by atoms with Gasteiger partial charge >= 0.3 is 5.97 Å². The van der Waals surface area contributed by atoms with Gasteiger partial charge in [0, 0.05) is 16.2 Å². The van der Waals surface area contributed by atoms with Gasteiger partial charge in [-0.3, -0.25) is 0 Å². The van der Waals surface area contributed by atoms with Crippen LogP contribution >= 0.6 is 22.9 Å². The average Bonchev–Trinajstić information content (AvgIpc) is 3.03. The SMILES string of the molecule is COC(=O)c1ccc(C=CCC2[C@H](Cl)C[C@@H](C)[C@@H]2C=O)s1. The van der Waals surface area contributed by atoms with Crippen molar-refractivity contribution in [1.82, 2.24) is 0 Å². The normalized spacial score (nSPS) is 28.9. The second-order valence-corrected chi connectivity index (χ2v) is 7.11. The van der Waals surface area contributed by atoms with Crippen molar-refractivity contribution in [2.75, 3.05) is 7.11 Å². The number of ether oxygens (including phenoxy) is 1. The second kappa shape index (κ2) is 7.23. The van der Waals surface area contributed by atoms with Gasteiger partial charge in [0.05, 0.1) is 7.11 Å². The fourth-order valence-electron chi connectivity index (χ4n) is 2.88. The summed E-state index contributed by atoms with van der Waals surface area (Å²) in [6.07, 6.45) is 6.75. The van der Waals surface area contributed by atoms with Crippen LogP contribution in [0.5, 0.6) is 0 Å². The maximum atomic E-state index is 11.4. The Bertz CT molecular complexity index is 537. The molecule has 1 saturated carbocycles. The monoisotopic (exact) mass is 326 g/mol. The minimum Gasteiger partial charge on any atom is -0.465 e. The van der Waals surface area contributed by atoms with E-state index in [4.69, 9.17) is 11.6 Å². The minimum atomic E-state index is -0.314. The standard InChI is InChI=1S/C16H19ClO3S/c1-10-8-14(17)12(13(10)9-18)5-3-4-11-6-7-15(21-11)16(19)20-2/h3-4,6-7,9-10,12-14H,5,8H2,1-2H3/t10-,12?,13+,14-/m1/s1. The molecule has 0 aliphatic heterocycles. The summed E-state index contributed by atoms with van der Waals surface area (Å²) in [7, 11) is 1.37. The molecule has 114 valence electrons. The highest BCUT2D eigenvalue weighted by molar-refractivity contribution is 7.14. The van der Waals surface area contributed by atoms with Crippen LogP contribution in [0.25, 0.3) is 6.08 Å². The largest absolute Gasteiger partial charge is 0.465 e. The summed E-state index contributed by atoms with van der Waals surface area (Å²) in [6.45, 7) is 2.08. The summed E-state index contributed by atoms with van der Waals surface area (Å²) in [4.78, 5) is 24.2. The number of allylic oxidation sites excluding steroid dienone is 1. The highest BCUT2D eigenvalue weighted by Gasteiger charge is 2.39. The van der Waals surface area contributed by atoms with Gasteiger partial charge in [-0.1, -0.05) is 13.0 Å². The van der Waals surface area contributed by atoms with E-state index in [1.807, 2.05) is 18.2 Å². The van der Waals surface area contributed by atoms with Gasteiger partial charge < -0.3 is 9.53 Å². The van der Waals surface area contributed by atoms with E-state index in [9.17, 15) is 9.59 Å². The highest BCUT2D eigenvalue weighted by Crippen LogP contribution is 2.41. The van der Waals surface area contributed by atoms with Gasteiger partial charge in [-0.05, 0) is 42.9 Å². The van der Waals surface area contributed by atoms with Crippen molar-refractivity contribution in [3.63, 3.8) is 0 Å². The van der Waals surface area contributed by atoms with Crippen LogP contribution in [0.2, 0.25) is 0 Å². The summed E-state index contributed by atoms with van der Waals surface area (Å²) in [5.41, 5.74) is 0. The molecule has 4 atom stereocenters. The van der Waals surface area contributed by atoms with E-state index < -0.39 is 0 Å². The zero-order valence-corrected chi connectivity index (χ0v) is 13.7. The van der Waals surface area contributed by atoms with Crippen molar-refractivity contribution in [2.24, 2.45) is 17.8 Å². The quantitative estimate of drug-likeness (QED) is 0.466. The van der Waals surface area contributed by atoms with Crippen molar-refractivity contribution in [3.05, 3.63) is 28.0 Å². The van der Waals surface area contributed by atoms with Crippen molar-refractivity contribution >= 4 is 41.3 Å². The van der Waals surface area contributed by atoms with E-state index in [0.717, 1.165) is 24.0 Å². The van der Waals surface area contributed by atoms with E-state index in [-0.39, 0.29) is 23.2 Å². The number of carbonyl (C=O) groups excluding carboxylic acids is 2. The smallest absolute Gasteiger partial charge is 0.348 e. The molecule has 0 aromatic carbocycles. The first-order chi connectivity index (χ1) is 10.1. The third kappa shape index (κ3) is 3.74. The summed E-state index contributed by atoms with van der Waals surface area (Å²) in [6, 6.07) is 3.65. The number of carbonyl (C=O) groups is 2. The Kier molecular flexibility index (Phi) is 5.59. The molecule has 0 spiro atoms. The number of methoxy groups -OCH3 is 1. The maximum absolute atomic E-state index is 11.4. The second-order valence-electron chi connectivity index (χ2n) is 5.44. The molecule has 1 fully saturated rings. The molecule has 0 N–H and O–H groups in total. The Morgan fingerprint density at radius 1 is 1.52 bits per heavy atom. The number of rotatable bonds is 5. The van der Waals surface area contributed by atoms with Crippen LogP contribution in [0.3, 0.4) is 0 Å². The minimum absolute atomic E-state index is 0.0473. The number of hydrogen-bond acceptors (Lipinski definition) is 4. The molecule has 1 heterocycles. The predicted octanol–water partition coefficient (Wildman–Crippen LogP) is 4.02. The molecule has 5 heteroatoms. The van der Waals surface area contributed by atoms with E-state index in [1.54, 1.807) is 6.07 Å². The maximum Gasteiger partial charge on any atom is 0.348 e. The molecule has 1 unspecified atom stereocenters. The zero-order valence-electron chi connectivity index (χ0n) is 12.1. The number of halogens is 1. The molecule has 3 nitrogen and oxygen atoms in total. The number of aldehydes is 1. The van der Waals surface area contributed by atoms with Crippen LogP contribution in [-0.4, -0.2) is 24.7 Å². The molecule has 1 aromatic rings. The van der Waals surface area contributed by atoms with Crippen LogP contribution < -0.4 is 0 Å². The lowest BCUT2D eigenvalue weighted by Gasteiger charge is -2.16. The number of thiophene rings is 1.